The molecule has 0 spiro atoms. The SMILES string of the molecule is COP(=O)(CP(=O)(O)c1ccc(Nc2nc(NC[C@@H]3CCCO3)nc3c2ncn3CCc2cccc(O)c2)cc1)OC. The van der Waals surface area contributed by atoms with Crippen LogP contribution in [-0.2, 0) is 35.9 Å². The molecule has 2 aromatic carbocycles. The molecule has 42 heavy (non-hydrogen) atoms. The number of anilines is 3. The number of aryl methyl sites for hydroxylation is 2. The minimum Gasteiger partial charge on any atom is -0.508 e. The van der Waals surface area contributed by atoms with E-state index >= 15 is 0 Å². The number of imidazole rings is 1. The average molecular weight is 617 g/mol. The van der Waals surface area contributed by atoms with Crippen LogP contribution in [-0.4, -0.2) is 68.9 Å². The molecule has 15 heteroatoms. The summed E-state index contributed by atoms with van der Waals surface area (Å²) in [5.41, 5.74) is 2.75. The molecule has 1 unspecified atom stereocenters. The van der Waals surface area contributed by atoms with Crippen molar-refractivity contribution in [1.82, 2.24) is 19.5 Å². The molecule has 0 aliphatic carbocycles. The van der Waals surface area contributed by atoms with Crippen LogP contribution >= 0.6 is 15.0 Å². The van der Waals surface area contributed by atoms with Gasteiger partial charge in [-0.3, -0.25) is 9.13 Å². The molecule has 1 aliphatic rings. The Balaban J connectivity index is 1.40. The molecule has 2 aromatic heterocycles. The van der Waals surface area contributed by atoms with E-state index in [2.05, 4.69) is 20.6 Å². The number of ether oxygens (including phenoxy) is 1. The maximum Gasteiger partial charge on any atom is 0.340 e. The fourth-order valence-electron chi connectivity index (χ4n) is 4.67. The van der Waals surface area contributed by atoms with Crippen LogP contribution in [0.4, 0.5) is 17.5 Å². The number of hydrogen-bond acceptors (Lipinski definition) is 11. The number of fused-ring (bicyclic) bond motifs is 1. The van der Waals surface area contributed by atoms with Crippen molar-refractivity contribution in [2.75, 3.05) is 43.9 Å². The number of hydrogen-bond donors (Lipinski definition) is 4. The van der Waals surface area contributed by atoms with Gasteiger partial charge in [0.05, 0.1) is 12.4 Å². The van der Waals surface area contributed by atoms with E-state index in [4.69, 9.17) is 18.8 Å². The lowest BCUT2D eigenvalue weighted by molar-refractivity contribution is 0.120. The molecular formula is C27H34N6O7P2. The second-order valence-electron chi connectivity index (χ2n) is 9.93. The molecule has 5 rings (SSSR count). The summed E-state index contributed by atoms with van der Waals surface area (Å²) in [6.45, 7) is 1.89. The lowest BCUT2D eigenvalue weighted by atomic mass is 10.1. The number of aromatic hydroxyl groups is 1. The number of phenols is 1. The van der Waals surface area contributed by atoms with Crippen LogP contribution in [0, 0.1) is 0 Å². The summed E-state index contributed by atoms with van der Waals surface area (Å²) < 4.78 is 42.7. The predicted molar refractivity (Wildman–Crippen MR) is 160 cm³/mol. The Bertz CT molecular complexity index is 1620. The van der Waals surface area contributed by atoms with E-state index in [-0.39, 0.29) is 17.2 Å². The molecule has 3 heterocycles. The van der Waals surface area contributed by atoms with Gasteiger partial charge in [-0.1, -0.05) is 12.1 Å². The molecule has 0 radical (unpaired) electrons. The third kappa shape index (κ3) is 7.18. The maximum atomic E-state index is 12.9. The summed E-state index contributed by atoms with van der Waals surface area (Å²) in [6, 6.07) is 13.4. The van der Waals surface area contributed by atoms with Gasteiger partial charge in [-0.05, 0) is 61.2 Å². The minimum absolute atomic E-state index is 0.0876. The Morgan fingerprint density at radius 1 is 1.12 bits per heavy atom. The van der Waals surface area contributed by atoms with Gasteiger partial charge in [0.2, 0.25) is 13.3 Å². The Kier molecular flexibility index (Phi) is 9.27. The molecule has 4 aromatic rings. The first kappa shape index (κ1) is 30.2. The van der Waals surface area contributed by atoms with Crippen LogP contribution in [0.5, 0.6) is 5.75 Å². The van der Waals surface area contributed by atoms with Gasteiger partial charge >= 0.3 is 7.60 Å². The van der Waals surface area contributed by atoms with Gasteiger partial charge in [-0.25, -0.2) is 4.98 Å². The number of aromatic nitrogens is 4. The van der Waals surface area contributed by atoms with Crippen molar-refractivity contribution < 1.29 is 32.9 Å². The highest BCUT2D eigenvalue weighted by Gasteiger charge is 2.35. The van der Waals surface area contributed by atoms with Crippen molar-refractivity contribution in [2.45, 2.75) is 31.9 Å². The number of nitrogens with one attached hydrogen (secondary N) is 2. The van der Waals surface area contributed by atoms with Crippen LogP contribution in [0.15, 0.2) is 54.9 Å². The highest BCUT2D eigenvalue weighted by molar-refractivity contribution is 7.77. The van der Waals surface area contributed by atoms with E-state index in [1.807, 2.05) is 16.7 Å². The Hall–Kier alpha value is -3.31. The lowest BCUT2D eigenvalue weighted by Crippen LogP contribution is -2.20. The summed E-state index contributed by atoms with van der Waals surface area (Å²) in [5, 5.41) is 16.5. The molecule has 4 N–H and O–H groups in total. The van der Waals surface area contributed by atoms with E-state index < -0.39 is 20.9 Å². The van der Waals surface area contributed by atoms with Crippen molar-refractivity contribution in [3.8, 4) is 5.75 Å². The van der Waals surface area contributed by atoms with E-state index in [0.29, 0.717) is 48.1 Å². The molecule has 224 valence electrons. The zero-order valence-electron chi connectivity index (χ0n) is 23.3. The van der Waals surface area contributed by atoms with Crippen molar-refractivity contribution in [1.29, 1.82) is 0 Å². The first-order chi connectivity index (χ1) is 20.2. The van der Waals surface area contributed by atoms with Crippen molar-refractivity contribution >= 4 is 48.9 Å². The zero-order chi connectivity index (χ0) is 29.7. The monoisotopic (exact) mass is 616 g/mol. The highest BCUT2D eigenvalue weighted by Crippen LogP contribution is 2.59. The lowest BCUT2D eigenvalue weighted by Gasteiger charge is -2.18. The first-order valence-corrected chi connectivity index (χ1v) is 17.0. The number of benzene rings is 2. The van der Waals surface area contributed by atoms with Gasteiger partial charge in [0.15, 0.2) is 17.0 Å². The third-order valence-electron chi connectivity index (χ3n) is 6.98. The van der Waals surface area contributed by atoms with Gasteiger partial charge in [0.1, 0.15) is 11.7 Å². The van der Waals surface area contributed by atoms with Crippen molar-refractivity contribution in [3.63, 3.8) is 0 Å². The van der Waals surface area contributed by atoms with Crippen molar-refractivity contribution in [2.24, 2.45) is 0 Å². The van der Waals surface area contributed by atoms with Crippen molar-refractivity contribution in [3.05, 3.63) is 60.4 Å². The summed E-state index contributed by atoms with van der Waals surface area (Å²) in [6.07, 6.45) is 4.43. The minimum atomic E-state index is -4.02. The molecule has 0 bridgehead atoms. The fourth-order valence-corrected chi connectivity index (χ4v) is 8.89. The van der Waals surface area contributed by atoms with Crippen LogP contribution in [0.2, 0.25) is 0 Å². The standard InChI is InChI=1S/C27H34N6O7P2/c1-38-42(37,39-2)18-41(35,36)23-10-8-20(9-11-23)30-25-24-26(32-27(31-25)28-16-22-7-4-14-40-22)33(17-29-24)13-12-19-5-3-6-21(34)15-19/h3,5-6,8-11,15,17,22,34H,4,7,12-14,16,18H2,1-2H3,(H,35,36)(H2,28,30,31,32)/t22-/m0/s1. The molecule has 13 nitrogen and oxygen atoms in total. The smallest absolute Gasteiger partial charge is 0.340 e. The maximum absolute atomic E-state index is 12.9. The molecular weight excluding hydrogens is 582 g/mol. The van der Waals surface area contributed by atoms with Gasteiger partial charge < -0.3 is 39.0 Å². The normalized spacial score (nSPS) is 16.9. The largest absolute Gasteiger partial charge is 0.508 e. The molecule has 0 saturated carbocycles. The zero-order valence-corrected chi connectivity index (χ0v) is 25.1. The molecule has 1 aliphatic heterocycles. The summed E-state index contributed by atoms with van der Waals surface area (Å²) in [5.74, 6) is 0.444. The van der Waals surface area contributed by atoms with Gasteiger partial charge in [-0.15, -0.1) is 0 Å². The Morgan fingerprint density at radius 3 is 2.60 bits per heavy atom. The molecule has 1 saturated heterocycles. The summed E-state index contributed by atoms with van der Waals surface area (Å²) >= 11 is 0. The van der Waals surface area contributed by atoms with Crippen LogP contribution in [0.1, 0.15) is 18.4 Å². The van der Waals surface area contributed by atoms with Crippen LogP contribution in [0.25, 0.3) is 11.2 Å². The first-order valence-electron chi connectivity index (χ1n) is 13.4. The fraction of sp³-hybridized carbons (Fsp3) is 0.370. The summed E-state index contributed by atoms with van der Waals surface area (Å²) in [4.78, 5) is 24.6. The van der Waals surface area contributed by atoms with Gasteiger partial charge in [0.25, 0.3) is 0 Å². The quantitative estimate of drug-likeness (QED) is 0.156. The van der Waals surface area contributed by atoms with Crippen LogP contribution < -0.4 is 15.9 Å². The van der Waals surface area contributed by atoms with E-state index in [1.54, 1.807) is 30.6 Å². The highest BCUT2D eigenvalue weighted by atomic mass is 31.2. The second kappa shape index (κ2) is 12.9. The topological polar surface area (TPSA) is 170 Å². The Morgan fingerprint density at radius 2 is 1.90 bits per heavy atom. The van der Waals surface area contributed by atoms with Crippen LogP contribution in [0.3, 0.4) is 0 Å². The number of nitrogens with zero attached hydrogens (tertiary/aromatic N) is 4. The van der Waals surface area contributed by atoms with E-state index in [9.17, 15) is 19.1 Å². The third-order valence-corrected chi connectivity index (χ3v) is 12.1. The number of phenolic OH excluding ortho intramolecular Hbond substituents is 1. The molecule has 2 atom stereocenters. The van der Waals surface area contributed by atoms with Gasteiger partial charge in [0, 0.05) is 44.9 Å². The second-order valence-corrected chi connectivity index (χ2v) is 14.9. The summed E-state index contributed by atoms with van der Waals surface area (Å²) in [7, 11) is -5.36. The molecule has 1 fully saturated rings. The van der Waals surface area contributed by atoms with E-state index in [0.717, 1.165) is 25.0 Å². The van der Waals surface area contributed by atoms with Gasteiger partial charge in [-0.2, -0.15) is 9.97 Å². The predicted octanol–water partition coefficient (Wildman–Crippen LogP) is 4.45. The molecule has 0 amide bonds. The Labute approximate surface area is 243 Å². The number of rotatable bonds is 13. The van der Waals surface area contributed by atoms with E-state index in [1.165, 1.54) is 26.4 Å². The average Bonchev–Trinajstić information content (AvgIpc) is 3.65.